The van der Waals surface area contributed by atoms with Crippen LogP contribution in [-0.4, -0.2) is 16.7 Å². The molecule has 6 nitrogen and oxygen atoms in total. The van der Waals surface area contributed by atoms with Gasteiger partial charge in [-0.25, -0.2) is 4.90 Å². The van der Waals surface area contributed by atoms with Crippen molar-refractivity contribution in [2.45, 2.75) is 19.8 Å². The number of allylic oxidation sites excluding steroid dienone is 2. The van der Waals surface area contributed by atoms with E-state index < -0.39 is 4.92 Å². The van der Waals surface area contributed by atoms with Crippen LogP contribution in [0.5, 0.6) is 0 Å². The largest absolute Gasteiger partial charge is 0.274 e. The van der Waals surface area contributed by atoms with E-state index in [-0.39, 0.29) is 41.2 Å². The molecule has 1 aliphatic heterocycles. The molecule has 0 aromatic heterocycles. The lowest BCUT2D eigenvalue weighted by Gasteiger charge is -2.38. The molecule has 1 aromatic carbocycles. The van der Waals surface area contributed by atoms with Gasteiger partial charge in [0, 0.05) is 12.1 Å². The number of aryl methyl sites for hydroxylation is 1. The molecule has 4 aliphatic rings. The van der Waals surface area contributed by atoms with E-state index in [0.29, 0.717) is 11.3 Å². The summed E-state index contributed by atoms with van der Waals surface area (Å²) in [6, 6.07) is 4.31. The molecular weight excluding hydrogens is 296 g/mol. The smallest absolute Gasteiger partial charge is 0.271 e. The summed E-state index contributed by atoms with van der Waals surface area (Å²) >= 11 is 0. The first-order valence-corrected chi connectivity index (χ1v) is 7.80. The first-order valence-electron chi connectivity index (χ1n) is 7.80. The van der Waals surface area contributed by atoms with Crippen LogP contribution in [0.3, 0.4) is 0 Å². The number of benzene rings is 1. The number of hydrogen-bond donors (Lipinski definition) is 0. The molecule has 5 rings (SSSR count). The molecule has 2 fully saturated rings. The second kappa shape index (κ2) is 4.75. The number of nitro benzene ring substituents is 1. The first-order chi connectivity index (χ1) is 11.0. The molecule has 0 N–H and O–H groups in total. The maximum absolute atomic E-state index is 12.9. The Hall–Kier alpha value is -2.50. The maximum atomic E-state index is 12.9. The van der Waals surface area contributed by atoms with Gasteiger partial charge in [0.2, 0.25) is 11.8 Å². The lowest BCUT2D eigenvalue weighted by atomic mass is 9.63. The van der Waals surface area contributed by atoms with E-state index in [0.717, 1.165) is 12.8 Å². The Bertz CT molecular complexity index is 738. The number of non-ortho nitro benzene ring substituents is 1. The predicted molar refractivity (Wildman–Crippen MR) is 82.7 cm³/mol. The van der Waals surface area contributed by atoms with Gasteiger partial charge >= 0.3 is 0 Å². The van der Waals surface area contributed by atoms with E-state index in [1.54, 1.807) is 13.0 Å². The van der Waals surface area contributed by atoms with Crippen LogP contribution in [0, 0.1) is 40.7 Å². The summed E-state index contributed by atoms with van der Waals surface area (Å²) in [5.74, 6) is -0.781. The van der Waals surface area contributed by atoms with Crippen LogP contribution in [0.2, 0.25) is 0 Å². The fraction of sp³-hybridized carbons (Fsp3) is 0.412. The van der Waals surface area contributed by atoms with Crippen LogP contribution in [0.25, 0.3) is 0 Å². The molecule has 0 radical (unpaired) electrons. The molecule has 1 saturated carbocycles. The second-order valence-electron chi connectivity index (χ2n) is 6.58. The monoisotopic (exact) mass is 312 g/mol. The van der Waals surface area contributed by atoms with Crippen molar-refractivity contribution in [1.82, 2.24) is 0 Å². The first kappa shape index (κ1) is 14.1. The number of carbonyl (C=O) groups excluding carboxylic acids is 2. The molecular formula is C17H16N2O4. The predicted octanol–water partition coefficient (Wildman–Crippen LogP) is 2.60. The van der Waals surface area contributed by atoms with Crippen molar-refractivity contribution in [2.24, 2.45) is 23.7 Å². The Morgan fingerprint density at radius 2 is 1.65 bits per heavy atom. The van der Waals surface area contributed by atoms with Gasteiger partial charge in [-0.05, 0) is 37.2 Å². The van der Waals surface area contributed by atoms with Gasteiger partial charge in [0.15, 0.2) is 0 Å². The summed E-state index contributed by atoms with van der Waals surface area (Å²) in [4.78, 5) is 37.4. The number of hydrogen-bond acceptors (Lipinski definition) is 4. The molecule has 0 spiro atoms. The van der Waals surface area contributed by atoms with Crippen LogP contribution < -0.4 is 4.90 Å². The minimum Gasteiger partial charge on any atom is -0.274 e. The third-order valence-electron chi connectivity index (χ3n) is 5.40. The van der Waals surface area contributed by atoms with Crippen molar-refractivity contribution < 1.29 is 14.5 Å². The number of amides is 2. The van der Waals surface area contributed by atoms with Crippen molar-refractivity contribution in [3.05, 3.63) is 46.0 Å². The van der Waals surface area contributed by atoms with Gasteiger partial charge in [-0.1, -0.05) is 18.2 Å². The molecule has 23 heavy (non-hydrogen) atoms. The number of imide groups is 1. The molecule has 0 unspecified atom stereocenters. The average molecular weight is 312 g/mol. The number of nitro groups is 1. The fourth-order valence-electron chi connectivity index (χ4n) is 4.26. The van der Waals surface area contributed by atoms with E-state index in [2.05, 4.69) is 12.2 Å². The van der Waals surface area contributed by atoms with Gasteiger partial charge in [0.1, 0.15) is 0 Å². The van der Waals surface area contributed by atoms with Gasteiger partial charge in [0.05, 0.1) is 22.4 Å². The second-order valence-corrected chi connectivity index (χ2v) is 6.58. The third-order valence-corrected chi connectivity index (χ3v) is 5.40. The molecule has 3 aliphatic carbocycles. The zero-order chi connectivity index (χ0) is 16.3. The van der Waals surface area contributed by atoms with Gasteiger partial charge < -0.3 is 0 Å². The number of fused-ring (bicyclic) bond motifs is 1. The molecule has 1 saturated heterocycles. The molecule has 1 heterocycles. The van der Waals surface area contributed by atoms with E-state index in [1.807, 2.05) is 0 Å². The highest BCUT2D eigenvalue weighted by Gasteiger charge is 2.57. The standard InChI is InChI=1S/C17H16N2O4/c1-9-2-7-12(19(22)23)8-13(9)18-16(20)14-10-3-4-11(6-5-10)15(14)17(18)21/h2-4,7-8,10-11,14-15H,5-6H2,1H3/t10-,11-,14-,15-/m0/s1. The number of carbonyl (C=O) groups is 2. The SMILES string of the molecule is Cc1ccc([N+](=O)[O-])cc1N1C(=O)[C@@H]2[C@@H](C1=O)[C@H]1C=C[C@H]2CC1. The van der Waals surface area contributed by atoms with Crippen molar-refractivity contribution in [3.8, 4) is 0 Å². The van der Waals surface area contributed by atoms with Crippen LogP contribution >= 0.6 is 0 Å². The quantitative estimate of drug-likeness (QED) is 0.364. The Morgan fingerprint density at radius 1 is 1.09 bits per heavy atom. The van der Waals surface area contributed by atoms with Crippen molar-refractivity contribution >= 4 is 23.2 Å². The molecule has 1 aromatic rings. The van der Waals surface area contributed by atoms with E-state index >= 15 is 0 Å². The molecule has 118 valence electrons. The van der Waals surface area contributed by atoms with Crippen LogP contribution in [0.15, 0.2) is 30.4 Å². The fourth-order valence-corrected chi connectivity index (χ4v) is 4.26. The van der Waals surface area contributed by atoms with E-state index in [4.69, 9.17) is 0 Å². The van der Waals surface area contributed by atoms with Gasteiger partial charge in [-0.2, -0.15) is 0 Å². The number of nitrogens with zero attached hydrogens (tertiary/aromatic N) is 2. The summed E-state index contributed by atoms with van der Waals surface area (Å²) in [6.45, 7) is 1.76. The van der Waals surface area contributed by atoms with E-state index in [1.165, 1.54) is 17.0 Å². The van der Waals surface area contributed by atoms with Gasteiger partial charge in [-0.3, -0.25) is 19.7 Å². The van der Waals surface area contributed by atoms with Crippen LogP contribution in [0.4, 0.5) is 11.4 Å². The maximum Gasteiger partial charge on any atom is 0.271 e. The minimum absolute atomic E-state index is 0.109. The highest BCUT2D eigenvalue weighted by Crippen LogP contribution is 2.50. The Labute approximate surface area is 132 Å². The zero-order valence-corrected chi connectivity index (χ0v) is 12.6. The summed E-state index contributed by atoms with van der Waals surface area (Å²) in [7, 11) is 0. The topological polar surface area (TPSA) is 80.5 Å². The summed E-state index contributed by atoms with van der Waals surface area (Å²) in [6.07, 6.45) is 5.99. The summed E-state index contributed by atoms with van der Waals surface area (Å²) in [5.41, 5.74) is 0.932. The molecule has 4 atom stereocenters. The highest BCUT2D eigenvalue weighted by atomic mass is 16.6. The molecule has 2 amide bonds. The van der Waals surface area contributed by atoms with Crippen LogP contribution in [0.1, 0.15) is 18.4 Å². The summed E-state index contributed by atoms with van der Waals surface area (Å²) < 4.78 is 0. The number of rotatable bonds is 2. The number of anilines is 1. The molecule has 2 bridgehead atoms. The molecule has 6 heteroatoms. The van der Waals surface area contributed by atoms with Gasteiger partial charge in [0.25, 0.3) is 5.69 Å². The van der Waals surface area contributed by atoms with Crippen molar-refractivity contribution in [2.75, 3.05) is 4.90 Å². The minimum atomic E-state index is -0.508. The zero-order valence-electron chi connectivity index (χ0n) is 12.6. The third kappa shape index (κ3) is 1.87. The Kier molecular flexibility index (Phi) is 2.91. The van der Waals surface area contributed by atoms with Crippen molar-refractivity contribution in [3.63, 3.8) is 0 Å². The lowest BCUT2D eigenvalue weighted by Crippen LogP contribution is -2.38. The highest BCUT2D eigenvalue weighted by molar-refractivity contribution is 6.23. The van der Waals surface area contributed by atoms with Crippen LogP contribution in [-0.2, 0) is 9.59 Å². The van der Waals surface area contributed by atoms with E-state index in [9.17, 15) is 19.7 Å². The van der Waals surface area contributed by atoms with Crippen molar-refractivity contribution in [1.29, 1.82) is 0 Å². The normalized spacial score (nSPS) is 31.6. The average Bonchev–Trinajstić information content (AvgIpc) is 2.83. The lowest BCUT2D eigenvalue weighted by molar-refractivity contribution is -0.384. The summed E-state index contributed by atoms with van der Waals surface area (Å²) in [5, 5.41) is 11.0. The van der Waals surface area contributed by atoms with Gasteiger partial charge in [-0.15, -0.1) is 0 Å². The Morgan fingerprint density at radius 3 is 2.13 bits per heavy atom. The Balaban J connectivity index is 1.79.